The molecular weight excluding hydrogens is 250 g/mol. The van der Waals surface area contributed by atoms with Gasteiger partial charge in [-0.1, -0.05) is 6.92 Å². The Hall–Kier alpha value is -2.38. The number of aromatic nitrogens is 1. The zero-order valence-electron chi connectivity index (χ0n) is 10.9. The van der Waals surface area contributed by atoms with Crippen molar-refractivity contribution in [1.82, 2.24) is 10.3 Å². The maximum Gasteiger partial charge on any atom is 0.311 e. The first-order chi connectivity index (χ1) is 8.95. The van der Waals surface area contributed by atoms with E-state index in [1.165, 1.54) is 17.0 Å². The van der Waals surface area contributed by atoms with Gasteiger partial charge in [0.05, 0.1) is 11.5 Å². The molecule has 1 rings (SSSR count). The second-order valence-corrected chi connectivity index (χ2v) is 4.04. The van der Waals surface area contributed by atoms with Crippen LogP contribution in [0.3, 0.4) is 0 Å². The van der Waals surface area contributed by atoms with Gasteiger partial charge in [0.1, 0.15) is 5.82 Å². The van der Waals surface area contributed by atoms with E-state index in [1.54, 1.807) is 7.05 Å². The smallest absolute Gasteiger partial charge is 0.311 e. The molecule has 0 aliphatic rings. The zero-order valence-corrected chi connectivity index (χ0v) is 10.9. The van der Waals surface area contributed by atoms with Crippen LogP contribution in [0.5, 0.6) is 0 Å². The Morgan fingerprint density at radius 1 is 1.58 bits per heavy atom. The number of hydrogen-bond donors (Lipinski definition) is 2. The molecule has 0 atom stereocenters. The van der Waals surface area contributed by atoms with Crippen molar-refractivity contribution >= 4 is 23.2 Å². The number of carbonyl (C=O) groups is 1. The van der Waals surface area contributed by atoms with Crippen LogP contribution in [-0.4, -0.2) is 36.0 Å². The molecular formula is C11H17N5O3. The van der Waals surface area contributed by atoms with E-state index in [0.717, 1.165) is 6.42 Å². The van der Waals surface area contributed by atoms with Gasteiger partial charge in [0.25, 0.3) is 0 Å². The van der Waals surface area contributed by atoms with Crippen LogP contribution in [0, 0.1) is 10.1 Å². The number of anilines is 2. The maximum absolute atomic E-state index is 11.6. The lowest BCUT2D eigenvalue weighted by molar-refractivity contribution is -0.384. The highest BCUT2D eigenvalue weighted by Crippen LogP contribution is 2.25. The minimum atomic E-state index is -0.553. The van der Waals surface area contributed by atoms with Crippen LogP contribution >= 0.6 is 0 Å². The molecule has 1 heterocycles. The second kappa shape index (κ2) is 6.53. The quantitative estimate of drug-likeness (QED) is 0.574. The molecule has 1 aromatic heterocycles. The van der Waals surface area contributed by atoms with E-state index in [0.29, 0.717) is 6.54 Å². The van der Waals surface area contributed by atoms with Crippen LogP contribution in [0.15, 0.2) is 12.1 Å². The highest BCUT2D eigenvalue weighted by molar-refractivity contribution is 5.81. The predicted molar refractivity (Wildman–Crippen MR) is 71.9 cm³/mol. The molecule has 0 unspecified atom stereocenters. The van der Waals surface area contributed by atoms with Crippen molar-refractivity contribution in [3.63, 3.8) is 0 Å². The fourth-order valence-corrected chi connectivity index (χ4v) is 1.49. The number of nitrogens with one attached hydrogen (secondary N) is 1. The van der Waals surface area contributed by atoms with E-state index >= 15 is 0 Å². The predicted octanol–water partition coefficient (Wildman–Crippen LogP) is 0.534. The lowest BCUT2D eigenvalue weighted by atomic mass is 10.3. The molecule has 0 aliphatic heterocycles. The van der Waals surface area contributed by atoms with E-state index in [4.69, 9.17) is 5.73 Å². The lowest BCUT2D eigenvalue weighted by Gasteiger charge is -2.17. The third-order valence-corrected chi connectivity index (χ3v) is 2.39. The van der Waals surface area contributed by atoms with Gasteiger partial charge >= 0.3 is 5.69 Å². The van der Waals surface area contributed by atoms with Crippen molar-refractivity contribution in [2.24, 2.45) is 0 Å². The summed E-state index contributed by atoms with van der Waals surface area (Å²) in [6, 6.07) is 2.63. The summed E-state index contributed by atoms with van der Waals surface area (Å²) < 4.78 is 0. The van der Waals surface area contributed by atoms with E-state index in [-0.39, 0.29) is 29.8 Å². The van der Waals surface area contributed by atoms with Gasteiger partial charge in [-0.05, 0) is 12.5 Å². The Kier molecular flexibility index (Phi) is 5.04. The highest BCUT2D eigenvalue weighted by Gasteiger charge is 2.20. The van der Waals surface area contributed by atoms with E-state index in [9.17, 15) is 14.9 Å². The number of nitrogen functional groups attached to an aromatic ring is 1. The number of nitro groups is 1. The summed E-state index contributed by atoms with van der Waals surface area (Å²) in [6.45, 7) is 2.49. The molecule has 0 spiro atoms. The van der Waals surface area contributed by atoms with Crippen molar-refractivity contribution in [3.8, 4) is 0 Å². The molecule has 0 bridgehead atoms. The summed E-state index contributed by atoms with van der Waals surface area (Å²) in [4.78, 5) is 27.2. The Bertz CT molecular complexity index is 477. The Balaban J connectivity index is 2.86. The molecule has 0 aliphatic carbocycles. The Labute approximate surface area is 110 Å². The van der Waals surface area contributed by atoms with E-state index < -0.39 is 4.92 Å². The van der Waals surface area contributed by atoms with Gasteiger partial charge in [0.2, 0.25) is 11.7 Å². The summed E-state index contributed by atoms with van der Waals surface area (Å²) in [7, 11) is 1.56. The first-order valence-corrected chi connectivity index (χ1v) is 5.84. The van der Waals surface area contributed by atoms with Gasteiger partial charge in [0.15, 0.2) is 0 Å². The number of pyridine rings is 1. The molecule has 8 nitrogen and oxygen atoms in total. The van der Waals surface area contributed by atoms with E-state index in [2.05, 4.69) is 10.3 Å². The third-order valence-electron chi connectivity index (χ3n) is 2.39. The Morgan fingerprint density at radius 3 is 2.84 bits per heavy atom. The number of hydrogen-bond acceptors (Lipinski definition) is 6. The normalized spacial score (nSPS) is 10.0. The molecule has 3 N–H and O–H groups in total. The monoisotopic (exact) mass is 267 g/mol. The lowest BCUT2D eigenvalue weighted by Crippen LogP contribution is -2.36. The number of nitrogens with zero attached hydrogens (tertiary/aromatic N) is 3. The molecule has 0 saturated heterocycles. The molecule has 1 amide bonds. The summed E-state index contributed by atoms with van der Waals surface area (Å²) >= 11 is 0. The first kappa shape index (κ1) is 14.7. The van der Waals surface area contributed by atoms with Crippen LogP contribution in [0.25, 0.3) is 0 Å². The van der Waals surface area contributed by atoms with Gasteiger partial charge < -0.3 is 16.0 Å². The average Bonchev–Trinajstić information content (AvgIpc) is 2.35. The van der Waals surface area contributed by atoms with Crippen molar-refractivity contribution in [1.29, 1.82) is 0 Å². The molecule has 8 heteroatoms. The van der Waals surface area contributed by atoms with Gasteiger partial charge in [0, 0.05) is 19.7 Å². The average molecular weight is 267 g/mol. The van der Waals surface area contributed by atoms with Crippen LogP contribution in [0.2, 0.25) is 0 Å². The van der Waals surface area contributed by atoms with Crippen molar-refractivity contribution in [2.45, 2.75) is 13.3 Å². The summed E-state index contributed by atoms with van der Waals surface area (Å²) in [5.41, 5.74) is 5.33. The van der Waals surface area contributed by atoms with E-state index in [1.807, 2.05) is 6.92 Å². The minimum Gasteiger partial charge on any atom is -0.384 e. The van der Waals surface area contributed by atoms with Gasteiger partial charge in [-0.3, -0.25) is 14.9 Å². The maximum atomic E-state index is 11.6. The standard InChI is InChI=1S/C11H17N5O3/c1-3-6-13-10(17)7-15(2)11-8(16(18)19)4-5-9(12)14-11/h4-5H,3,6-7H2,1-2H3,(H2,12,14)(H,13,17). The number of nitrogens with two attached hydrogens (primary N) is 1. The molecule has 0 radical (unpaired) electrons. The SMILES string of the molecule is CCCNC(=O)CN(C)c1nc(N)ccc1[N+](=O)[O-]. The first-order valence-electron chi connectivity index (χ1n) is 5.84. The fourth-order valence-electron chi connectivity index (χ4n) is 1.49. The van der Waals surface area contributed by atoms with Gasteiger partial charge in [-0.25, -0.2) is 4.98 Å². The zero-order chi connectivity index (χ0) is 14.4. The van der Waals surface area contributed by atoms with Crippen molar-refractivity contribution in [3.05, 3.63) is 22.2 Å². The minimum absolute atomic E-state index is 0.0166. The Morgan fingerprint density at radius 2 is 2.26 bits per heavy atom. The number of carbonyl (C=O) groups excluding carboxylic acids is 1. The molecule has 0 aromatic carbocycles. The van der Waals surface area contributed by atoms with Crippen molar-refractivity contribution in [2.75, 3.05) is 30.8 Å². The van der Waals surface area contributed by atoms with Crippen molar-refractivity contribution < 1.29 is 9.72 Å². The van der Waals surface area contributed by atoms with Crippen LogP contribution in [0.1, 0.15) is 13.3 Å². The van der Waals surface area contributed by atoms with Crippen LogP contribution < -0.4 is 16.0 Å². The van der Waals surface area contributed by atoms with Gasteiger partial charge in [-0.15, -0.1) is 0 Å². The highest BCUT2D eigenvalue weighted by atomic mass is 16.6. The number of amides is 1. The second-order valence-electron chi connectivity index (χ2n) is 4.04. The third kappa shape index (κ3) is 4.09. The molecule has 1 aromatic rings. The molecule has 104 valence electrons. The fraction of sp³-hybridized carbons (Fsp3) is 0.455. The van der Waals surface area contributed by atoms with Crippen LogP contribution in [0.4, 0.5) is 17.3 Å². The molecule has 0 fully saturated rings. The topological polar surface area (TPSA) is 114 Å². The largest absolute Gasteiger partial charge is 0.384 e. The van der Waals surface area contributed by atoms with Gasteiger partial charge in [-0.2, -0.15) is 0 Å². The molecule has 19 heavy (non-hydrogen) atoms. The number of rotatable bonds is 6. The summed E-state index contributed by atoms with van der Waals surface area (Å²) in [6.07, 6.45) is 0.826. The summed E-state index contributed by atoms with van der Waals surface area (Å²) in [5.74, 6) is 0.0286. The number of likely N-dealkylation sites (N-methyl/N-ethyl adjacent to an activating group) is 1. The summed E-state index contributed by atoms with van der Waals surface area (Å²) in [5, 5.41) is 13.6. The van der Waals surface area contributed by atoms with Crippen LogP contribution in [-0.2, 0) is 4.79 Å². The molecule has 0 saturated carbocycles.